The van der Waals surface area contributed by atoms with Crippen molar-refractivity contribution < 1.29 is 14.3 Å². The van der Waals surface area contributed by atoms with Crippen molar-refractivity contribution in [1.29, 1.82) is 0 Å². The third kappa shape index (κ3) is 4.20. The van der Waals surface area contributed by atoms with Crippen LogP contribution < -0.4 is 10.1 Å². The van der Waals surface area contributed by atoms with E-state index in [-0.39, 0.29) is 11.8 Å². The van der Waals surface area contributed by atoms with Crippen LogP contribution in [-0.2, 0) is 20.0 Å². The Kier molecular flexibility index (Phi) is 6.11. The minimum absolute atomic E-state index is 0.0204. The van der Waals surface area contributed by atoms with Crippen LogP contribution in [0.1, 0.15) is 58.9 Å². The molecule has 2 aliphatic heterocycles. The standard InChI is InChI=1S/C37H38N6O3/c1-20-25-9-11-30(20)43(19-25)37(45)26-15-29-33(32(17-26)46-3)41(2)35(40-29)31-16-24-8-10-28(39-34(24)42(31)18-21-4-5-21)23-7-6-22-12-13-38-36(44)27(22)14-23/h6-8,10,14-17,20-21,25,30H,4-5,9,11-13,18-19H2,1-3H3,(H,38,44)/t20-,25?,30?/m1/s1. The Bertz CT molecular complexity index is 2090. The van der Waals surface area contributed by atoms with Crippen LogP contribution in [0.2, 0.25) is 0 Å². The van der Waals surface area contributed by atoms with E-state index >= 15 is 0 Å². The molecule has 2 saturated carbocycles. The molecule has 5 heterocycles. The molecule has 0 spiro atoms. The molecule has 9 rings (SSSR count). The zero-order valence-electron chi connectivity index (χ0n) is 26.5. The van der Waals surface area contributed by atoms with E-state index in [2.05, 4.69) is 50.5 Å². The van der Waals surface area contributed by atoms with Crippen LogP contribution in [0.3, 0.4) is 0 Å². The first-order chi connectivity index (χ1) is 22.4. The van der Waals surface area contributed by atoms with Gasteiger partial charge >= 0.3 is 0 Å². The number of carbonyl (C=O) groups is 2. The number of pyridine rings is 1. The van der Waals surface area contributed by atoms with E-state index < -0.39 is 0 Å². The molecule has 3 aromatic heterocycles. The number of nitrogens with one attached hydrogen (secondary N) is 1. The van der Waals surface area contributed by atoms with Crippen molar-refractivity contribution in [3.05, 3.63) is 65.2 Å². The van der Waals surface area contributed by atoms with Crippen molar-refractivity contribution in [3.8, 4) is 28.5 Å². The molecule has 2 aromatic carbocycles. The number of fused-ring (bicyclic) bond motifs is 5. The number of nitrogens with zero attached hydrogens (tertiary/aromatic N) is 5. The number of aromatic nitrogens is 4. The lowest BCUT2D eigenvalue weighted by atomic mass is 9.96. The first-order valence-corrected chi connectivity index (χ1v) is 16.7. The number of piperidine rings is 1. The number of hydrogen-bond acceptors (Lipinski definition) is 5. The maximum atomic E-state index is 13.8. The van der Waals surface area contributed by atoms with Gasteiger partial charge in [-0.1, -0.05) is 19.1 Å². The lowest BCUT2D eigenvalue weighted by molar-refractivity contribution is 0.0695. The van der Waals surface area contributed by atoms with Crippen LogP contribution >= 0.6 is 0 Å². The van der Waals surface area contributed by atoms with Gasteiger partial charge in [-0.2, -0.15) is 0 Å². The van der Waals surface area contributed by atoms with Gasteiger partial charge in [-0.25, -0.2) is 9.97 Å². The Hall–Kier alpha value is -4.66. The Balaban J connectivity index is 1.14. The van der Waals surface area contributed by atoms with E-state index in [1.54, 1.807) is 7.11 Å². The molecule has 9 nitrogen and oxygen atoms in total. The van der Waals surface area contributed by atoms with Crippen LogP contribution in [0.25, 0.3) is 44.8 Å². The van der Waals surface area contributed by atoms with Gasteiger partial charge in [-0.05, 0) is 91.8 Å². The predicted molar refractivity (Wildman–Crippen MR) is 177 cm³/mol. The summed E-state index contributed by atoms with van der Waals surface area (Å²) in [5, 5.41) is 4.00. The molecule has 4 aliphatic rings. The molecule has 2 unspecified atom stereocenters. The minimum atomic E-state index is -0.0204. The van der Waals surface area contributed by atoms with Crippen molar-refractivity contribution in [2.75, 3.05) is 20.2 Å². The Morgan fingerprint density at radius 2 is 1.91 bits per heavy atom. The molecule has 3 fully saturated rings. The van der Waals surface area contributed by atoms with Crippen LogP contribution in [-0.4, -0.2) is 62.1 Å². The molecular formula is C37H38N6O3. The number of aryl methyl sites for hydroxylation is 1. The normalized spacial score (nSPS) is 22.1. The summed E-state index contributed by atoms with van der Waals surface area (Å²) >= 11 is 0. The van der Waals surface area contributed by atoms with Gasteiger partial charge in [-0.15, -0.1) is 0 Å². The molecule has 2 bridgehead atoms. The quantitative estimate of drug-likeness (QED) is 0.260. The third-order valence-electron chi connectivity index (χ3n) is 11.1. The van der Waals surface area contributed by atoms with Gasteiger partial charge in [0.2, 0.25) is 0 Å². The summed E-state index contributed by atoms with van der Waals surface area (Å²) < 4.78 is 10.3. The molecular weight excluding hydrogens is 576 g/mol. The predicted octanol–water partition coefficient (Wildman–Crippen LogP) is 5.83. The smallest absolute Gasteiger partial charge is 0.254 e. The molecule has 46 heavy (non-hydrogen) atoms. The summed E-state index contributed by atoms with van der Waals surface area (Å²) in [7, 11) is 3.68. The maximum absolute atomic E-state index is 13.8. The number of methoxy groups -OCH3 is 1. The van der Waals surface area contributed by atoms with Crippen molar-refractivity contribution in [1.82, 2.24) is 29.3 Å². The van der Waals surface area contributed by atoms with E-state index in [0.29, 0.717) is 41.7 Å². The van der Waals surface area contributed by atoms with Crippen molar-refractivity contribution >= 4 is 33.9 Å². The second-order valence-electron chi connectivity index (χ2n) is 13.8. The molecule has 1 saturated heterocycles. The summed E-state index contributed by atoms with van der Waals surface area (Å²) in [6.45, 7) is 4.67. The minimum Gasteiger partial charge on any atom is -0.494 e. The zero-order valence-corrected chi connectivity index (χ0v) is 26.5. The number of amides is 2. The molecule has 234 valence electrons. The number of benzene rings is 2. The van der Waals surface area contributed by atoms with Gasteiger partial charge in [-0.3, -0.25) is 9.59 Å². The summed E-state index contributed by atoms with van der Waals surface area (Å²) in [4.78, 5) is 38.8. The molecule has 2 aliphatic carbocycles. The lowest BCUT2D eigenvalue weighted by Gasteiger charge is -2.27. The van der Waals surface area contributed by atoms with Crippen LogP contribution in [0, 0.1) is 17.8 Å². The second kappa shape index (κ2) is 10.2. The average Bonchev–Trinajstić information content (AvgIpc) is 3.48. The fraction of sp³-hybridized carbons (Fsp3) is 0.405. The number of imidazole rings is 1. The monoisotopic (exact) mass is 614 g/mol. The first kappa shape index (κ1) is 27.6. The summed E-state index contributed by atoms with van der Waals surface area (Å²) in [5.41, 5.74) is 7.76. The SMILES string of the molecule is COc1cc(C(=O)N2CC3CCC2[C@@H]3C)cc2nc(-c3cc4ccc(-c5ccc6c(c5)C(=O)NCC6)nc4n3CC3CC3)n(C)c12. The lowest BCUT2D eigenvalue weighted by Crippen LogP contribution is -2.38. The highest BCUT2D eigenvalue weighted by Gasteiger charge is 2.46. The molecule has 0 radical (unpaired) electrons. The number of likely N-dealkylation sites (tertiary alicyclic amines) is 1. The first-order valence-electron chi connectivity index (χ1n) is 16.7. The van der Waals surface area contributed by atoms with Crippen molar-refractivity contribution in [2.24, 2.45) is 24.8 Å². The van der Waals surface area contributed by atoms with Gasteiger partial charge in [0.1, 0.15) is 16.9 Å². The highest BCUT2D eigenvalue weighted by molar-refractivity contribution is 6.01. The van der Waals surface area contributed by atoms with Gasteiger partial charge in [0.15, 0.2) is 5.82 Å². The van der Waals surface area contributed by atoms with Crippen LogP contribution in [0.5, 0.6) is 5.75 Å². The highest BCUT2D eigenvalue weighted by Crippen LogP contribution is 2.44. The zero-order chi connectivity index (χ0) is 31.3. The number of hydrogen-bond donors (Lipinski definition) is 1. The Morgan fingerprint density at radius 3 is 2.67 bits per heavy atom. The summed E-state index contributed by atoms with van der Waals surface area (Å²) in [6.07, 6.45) is 5.57. The fourth-order valence-electron chi connectivity index (χ4n) is 8.32. The molecule has 1 N–H and O–H groups in total. The summed E-state index contributed by atoms with van der Waals surface area (Å²) in [5.74, 6) is 3.30. The molecule has 5 aromatic rings. The van der Waals surface area contributed by atoms with Crippen LogP contribution in [0.4, 0.5) is 0 Å². The van der Waals surface area contributed by atoms with Crippen molar-refractivity contribution in [3.63, 3.8) is 0 Å². The maximum Gasteiger partial charge on any atom is 0.254 e. The number of carbonyl (C=O) groups excluding carboxylic acids is 2. The highest BCUT2D eigenvalue weighted by atomic mass is 16.5. The van der Waals surface area contributed by atoms with Gasteiger partial charge in [0.25, 0.3) is 11.8 Å². The number of ether oxygens (including phenoxy) is 1. The Labute approximate surface area is 267 Å². The van der Waals surface area contributed by atoms with E-state index in [1.165, 1.54) is 19.3 Å². The van der Waals surface area contributed by atoms with Crippen LogP contribution in [0.15, 0.2) is 48.5 Å². The number of rotatable bonds is 6. The molecule has 2 amide bonds. The Morgan fingerprint density at radius 1 is 1.04 bits per heavy atom. The average molecular weight is 615 g/mol. The van der Waals surface area contributed by atoms with Crippen molar-refractivity contribution in [2.45, 2.75) is 51.6 Å². The second-order valence-corrected chi connectivity index (χ2v) is 13.8. The van der Waals surface area contributed by atoms with E-state index in [9.17, 15) is 9.59 Å². The van der Waals surface area contributed by atoms with E-state index in [1.807, 2.05) is 31.3 Å². The topological polar surface area (TPSA) is 94.3 Å². The molecule has 3 atom stereocenters. The largest absolute Gasteiger partial charge is 0.494 e. The van der Waals surface area contributed by atoms with E-state index in [0.717, 1.165) is 81.9 Å². The van der Waals surface area contributed by atoms with Gasteiger partial charge in [0, 0.05) is 54.8 Å². The van der Waals surface area contributed by atoms with Gasteiger partial charge < -0.3 is 24.1 Å². The third-order valence-corrected chi connectivity index (χ3v) is 11.1. The van der Waals surface area contributed by atoms with E-state index in [4.69, 9.17) is 14.7 Å². The van der Waals surface area contributed by atoms with Gasteiger partial charge in [0.05, 0.1) is 24.0 Å². The summed E-state index contributed by atoms with van der Waals surface area (Å²) in [6, 6.07) is 16.6. The fourth-order valence-corrected chi connectivity index (χ4v) is 8.32. The molecule has 9 heteroatoms.